The van der Waals surface area contributed by atoms with Crippen molar-refractivity contribution in [2.75, 3.05) is 6.61 Å². The van der Waals surface area contributed by atoms with E-state index in [9.17, 15) is 14.5 Å². The van der Waals surface area contributed by atoms with Crippen LogP contribution < -0.4 is 0 Å². The summed E-state index contributed by atoms with van der Waals surface area (Å²) in [4.78, 5) is 9.81. The van der Waals surface area contributed by atoms with Gasteiger partial charge in [0.15, 0.2) is 0 Å². The van der Waals surface area contributed by atoms with Crippen molar-refractivity contribution >= 4 is 5.69 Å². The second kappa shape index (κ2) is 4.15. The van der Waals surface area contributed by atoms with Crippen molar-refractivity contribution in [2.45, 2.75) is 12.8 Å². The van der Waals surface area contributed by atoms with E-state index in [4.69, 9.17) is 5.11 Å². The summed E-state index contributed by atoms with van der Waals surface area (Å²) >= 11 is 0. The number of aliphatic hydroxyl groups is 1. The lowest BCUT2D eigenvalue weighted by Gasteiger charge is -2.08. The zero-order chi connectivity index (χ0) is 10.7. The Morgan fingerprint density at radius 2 is 2.29 bits per heavy atom. The van der Waals surface area contributed by atoms with Crippen LogP contribution in [0.4, 0.5) is 10.1 Å². The first kappa shape index (κ1) is 10.6. The molecular weight excluding hydrogens is 189 g/mol. The number of aliphatic hydroxyl groups excluding tert-OH is 1. The van der Waals surface area contributed by atoms with Gasteiger partial charge in [-0.15, -0.1) is 0 Å². The number of nitro groups is 1. The minimum atomic E-state index is -0.590. The van der Waals surface area contributed by atoms with Crippen LogP contribution in [0.5, 0.6) is 0 Å². The summed E-state index contributed by atoms with van der Waals surface area (Å²) in [5.41, 5.74) is 0.00315. The minimum Gasteiger partial charge on any atom is -0.396 e. The highest BCUT2D eigenvalue weighted by Gasteiger charge is 2.14. The van der Waals surface area contributed by atoms with Crippen molar-refractivity contribution in [2.24, 2.45) is 0 Å². The number of non-ortho nitro benzene ring substituents is 1. The Kier molecular flexibility index (Phi) is 3.14. The molecule has 0 amide bonds. The third-order valence-electron chi connectivity index (χ3n) is 2.00. The molecule has 0 aromatic heterocycles. The van der Waals surface area contributed by atoms with E-state index in [1.165, 1.54) is 0 Å². The molecule has 14 heavy (non-hydrogen) atoms. The molecule has 0 saturated carbocycles. The SMILES string of the molecule is CC(CO)c1cc([N+](=O)[O-])ccc1F. The van der Waals surface area contributed by atoms with Crippen molar-refractivity contribution < 1.29 is 14.4 Å². The van der Waals surface area contributed by atoms with Gasteiger partial charge in [0, 0.05) is 24.7 Å². The van der Waals surface area contributed by atoms with Gasteiger partial charge in [0.05, 0.1) is 4.92 Å². The summed E-state index contributed by atoms with van der Waals surface area (Å²) in [6, 6.07) is 3.29. The highest BCUT2D eigenvalue weighted by molar-refractivity contribution is 5.36. The molecule has 0 bridgehead atoms. The number of rotatable bonds is 3. The normalized spacial score (nSPS) is 12.5. The molecule has 0 radical (unpaired) electrons. The first-order valence-corrected chi connectivity index (χ1v) is 4.11. The molecule has 0 heterocycles. The Morgan fingerprint density at radius 3 is 2.79 bits per heavy atom. The number of hydrogen-bond acceptors (Lipinski definition) is 3. The van der Waals surface area contributed by atoms with Crippen LogP contribution in [0.1, 0.15) is 18.4 Å². The summed E-state index contributed by atoms with van der Waals surface area (Å²) in [5, 5.41) is 19.2. The molecule has 76 valence electrons. The molecule has 5 heteroatoms. The summed E-state index contributed by atoms with van der Waals surface area (Å²) in [7, 11) is 0. The van der Waals surface area contributed by atoms with E-state index in [1.54, 1.807) is 6.92 Å². The number of benzene rings is 1. The Hall–Kier alpha value is -1.49. The van der Waals surface area contributed by atoms with E-state index in [0.29, 0.717) is 0 Å². The molecule has 0 aliphatic heterocycles. The third kappa shape index (κ3) is 2.05. The van der Waals surface area contributed by atoms with Crippen LogP contribution in [0.2, 0.25) is 0 Å². The molecule has 0 aliphatic rings. The van der Waals surface area contributed by atoms with Crippen molar-refractivity contribution in [3.8, 4) is 0 Å². The molecule has 0 fully saturated rings. The summed E-state index contributed by atoms with van der Waals surface area (Å²) in [6.45, 7) is 1.36. The van der Waals surface area contributed by atoms with Gasteiger partial charge < -0.3 is 5.11 Å². The lowest BCUT2D eigenvalue weighted by molar-refractivity contribution is -0.385. The molecule has 1 aromatic carbocycles. The number of hydrogen-bond donors (Lipinski definition) is 1. The highest BCUT2D eigenvalue weighted by Crippen LogP contribution is 2.23. The van der Waals surface area contributed by atoms with Gasteiger partial charge in [-0.3, -0.25) is 10.1 Å². The number of nitro benzene ring substituents is 1. The predicted octanol–water partition coefficient (Wildman–Crippen LogP) is 1.83. The molecule has 1 atom stereocenters. The summed E-state index contributed by atoms with van der Waals surface area (Å²) in [5.74, 6) is -0.966. The average molecular weight is 199 g/mol. The maximum Gasteiger partial charge on any atom is 0.269 e. The van der Waals surface area contributed by atoms with Gasteiger partial charge in [-0.25, -0.2) is 4.39 Å². The molecule has 1 unspecified atom stereocenters. The Balaban J connectivity index is 3.14. The molecule has 4 nitrogen and oxygen atoms in total. The molecule has 1 rings (SSSR count). The lowest BCUT2D eigenvalue weighted by atomic mass is 10.0. The first-order chi connectivity index (χ1) is 6.56. The van der Waals surface area contributed by atoms with Crippen LogP contribution in [0.15, 0.2) is 18.2 Å². The van der Waals surface area contributed by atoms with Gasteiger partial charge >= 0.3 is 0 Å². The zero-order valence-electron chi connectivity index (χ0n) is 7.61. The van der Waals surface area contributed by atoms with Crippen molar-refractivity contribution in [3.63, 3.8) is 0 Å². The largest absolute Gasteiger partial charge is 0.396 e. The van der Waals surface area contributed by atoms with E-state index in [2.05, 4.69) is 0 Å². The molecular formula is C9H10FNO3. The molecule has 0 saturated heterocycles. The smallest absolute Gasteiger partial charge is 0.269 e. The fourth-order valence-corrected chi connectivity index (χ4v) is 1.12. The van der Waals surface area contributed by atoms with E-state index in [1.807, 2.05) is 0 Å². The Labute approximate surface area is 80.1 Å². The molecule has 1 N–H and O–H groups in total. The van der Waals surface area contributed by atoms with E-state index >= 15 is 0 Å². The average Bonchev–Trinajstić information content (AvgIpc) is 2.17. The van der Waals surface area contributed by atoms with Crippen molar-refractivity contribution in [3.05, 3.63) is 39.7 Å². The molecule has 0 aliphatic carbocycles. The van der Waals surface area contributed by atoms with Gasteiger partial charge in [-0.05, 0) is 11.6 Å². The number of nitrogens with zero attached hydrogens (tertiary/aromatic N) is 1. The van der Waals surface area contributed by atoms with Crippen LogP contribution >= 0.6 is 0 Å². The van der Waals surface area contributed by atoms with Crippen LogP contribution in [-0.2, 0) is 0 Å². The van der Waals surface area contributed by atoms with Crippen LogP contribution in [0.3, 0.4) is 0 Å². The summed E-state index contributed by atoms with van der Waals surface area (Å²) in [6.07, 6.45) is 0. The number of halogens is 1. The van der Waals surface area contributed by atoms with E-state index < -0.39 is 16.7 Å². The lowest BCUT2D eigenvalue weighted by Crippen LogP contribution is -2.03. The topological polar surface area (TPSA) is 63.4 Å². The Morgan fingerprint density at radius 1 is 1.64 bits per heavy atom. The highest BCUT2D eigenvalue weighted by atomic mass is 19.1. The van der Waals surface area contributed by atoms with Crippen LogP contribution in [0.25, 0.3) is 0 Å². The fraction of sp³-hybridized carbons (Fsp3) is 0.333. The van der Waals surface area contributed by atoms with Crippen molar-refractivity contribution in [1.82, 2.24) is 0 Å². The second-order valence-electron chi connectivity index (χ2n) is 3.05. The van der Waals surface area contributed by atoms with Gasteiger partial charge in [0.25, 0.3) is 5.69 Å². The van der Waals surface area contributed by atoms with Gasteiger partial charge in [0.2, 0.25) is 0 Å². The predicted molar refractivity (Wildman–Crippen MR) is 48.6 cm³/mol. The zero-order valence-corrected chi connectivity index (χ0v) is 7.61. The fourth-order valence-electron chi connectivity index (χ4n) is 1.12. The third-order valence-corrected chi connectivity index (χ3v) is 2.00. The standard InChI is InChI=1S/C9H10FNO3/c1-6(5-12)8-4-7(11(13)14)2-3-9(8)10/h2-4,6,12H,5H2,1H3. The van der Waals surface area contributed by atoms with E-state index in [-0.39, 0.29) is 17.9 Å². The summed E-state index contributed by atoms with van der Waals surface area (Å²) < 4.78 is 13.1. The Bertz CT molecular complexity index is 354. The maximum absolute atomic E-state index is 13.1. The maximum atomic E-state index is 13.1. The van der Waals surface area contributed by atoms with Crippen LogP contribution in [0, 0.1) is 15.9 Å². The quantitative estimate of drug-likeness (QED) is 0.596. The van der Waals surface area contributed by atoms with Gasteiger partial charge in [-0.1, -0.05) is 6.92 Å². The first-order valence-electron chi connectivity index (χ1n) is 4.11. The minimum absolute atomic E-state index is 0.165. The van der Waals surface area contributed by atoms with Crippen molar-refractivity contribution in [1.29, 1.82) is 0 Å². The second-order valence-corrected chi connectivity index (χ2v) is 3.05. The monoisotopic (exact) mass is 199 g/mol. The van der Waals surface area contributed by atoms with Crippen LogP contribution in [-0.4, -0.2) is 16.6 Å². The molecule has 0 spiro atoms. The molecule has 1 aromatic rings. The van der Waals surface area contributed by atoms with Gasteiger partial charge in [0.1, 0.15) is 5.82 Å². The van der Waals surface area contributed by atoms with E-state index in [0.717, 1.165) is 18.2 Å². The van der Waals surface area contributed by atoms with Gasteiger partial charge in [-0.2, -0.15) is 0 Å².